The molecule has 1 fully saturated rings. The maximum absolute atomic E-state index is 5.69. The zero-order valence-electron chi connectivity index (χ0n) is 10.5. The van der Waals surface area contributed by atoms with Crippen LogP contribution in [-0.2, 0) is 11.3 Å². The summed E-state index contributed by atoms with van der Waals surface area (Å²) in [5, 5.41) is 3.40. The van der Waals surface area contributed by atoms with E-state index in [9.17, 15) is 0 Å². The van der Waals surface area contributed by atoms with Crippen LogP contribution in [0, 0.1) is 5.92 Å². The van der Waals surface area contributed by atoms with Crippen molar-refractivity contribution >= 4 is 11.8 Å². The average molecular weight is 255 g/mol. The Bertz CT molecular complexity index is 334. The van der Waals surface area contributed by atoms with E-state index in [1.165, 1.54) is 0 Å². The smallest absolute Gasteiger partial charge is 0.136 e. The monoisotopic (exact) mass is 255 g/mol. The van der Waals surface area contributed by atoms with Gasteiger partial charge in [0, 0.05) is 29.9 Å². The van der Waals surface area contributed by atoms with Crippen LogP contribution in [0.5, 0.6) is 0 Å². The summed E-state index contributed by atoms with van der Waals surface area (Å²) in [5.41, 5.74) is 1.14. The molecule has 5 heteroatoms. The SMILES string of the molecule is CC(C)CNCc1cnc(C2CSCCO2)[nH]1. The van der Waals surface area contributed by atoms with Crippen LogP contribution in [0.25, 0.3) is 0 Å². The van der Waals surface area contributed by atoms with E-state index in [1.807, 2.05) is 18.0 Å². The molecular formula is C12H21N3OS. The van der Waals surface area contributed by atoms with Crippen molar-refractivity contribution in [2.45, 2.75) is 26.5 Å². The summed E-state index contributed by atoms with van der Waals surface area (Å²) in [4.78, 5) is 7.75. The van der Waals surface area contributed by atoms with E-state index in [-0.39, 0.29) is 6.10 Å². The average Bonchev–Trinajstić information content (AvgIpc) is 2.78. The number of thioether (sulfide) groups is 1. The Balaban J connectivity index is 1.82. The van der Waals surface area contributed by atoms with Gasteiger partial charge >= 0.3 is 0 Å². The Kier molecular flexibility index (Phi) is 4.88. The lowest BCUT2D eigenvalue weighted by molar-refractivity contribution is 0.0700. The van der Waals surface area contributed by atoms with Crippen molar-refractivity contribution < 1.29 is 4.74 Å². The fraction of sp³-hybridized carbons (Fsp3) is 0.750. The van der Waals surface area contributed by atoms with Crippen molar-refractivity contribution in [3.8, 4) is 0 Å². The van der Waals surface area contributed by atoms with Crippen LogP contribution in [0.3, 0.4) is 0 Å². The third-order valence-electron chi connectivity index (χ3n) is 2.64. The second kappa shape index (κ2) is 6.42. The van der Waals surface area contributed by atoms with E-state index in [0.717, 1.165) is 42.7 Å². The number of aromatic amines is 1. The Hall–Kier alpha value is -0.520. The maximum Gasteiger partial charge on any atom is 0.136 e. The third-order valence-corrected chi connectivity index (χ3v) is 3.63. The highest BCUT2D eigenvalue weighted by Crippen LogP contribution is 2.24. The molecule has 0 bridgehead atoms. The number of hydrogen-bond donors (Lipinski definition) is 2. The molecule has 1 aliphatic rings. The molecule has 0 aliphatic carbocycles. The summed E-state index contributed by atoms with van der Waals surface area (Å²) in [6, 6.07) is 0. The quantitative estimate of drug-likeness (QED) is 0.844. The molecule has 2 rings (SSSR count). The van der Waals surface area contributed by atoms with Gasteiger partial charge in [-0.15, -0.1) is 0 Å². The van der Waals surface area contributed by atoms with E-state index in [2.05, 4.69) is 29.1 Å². The molecule has 4 nitrogen and oxygen atoms in total. The topological polar surface area (TPSA) is 49.9 Å². The lowest BCUT2D eigenvalue weighted by atomic mass is 10.2. The number of nitrogens with one attached hydrogen (secondary N) is 2. The molecule has 1 aromatic rings. The fourth-order valence-electron chi connectivity index (χ4n) is 1.77. The van der Waals surface area contributed by atoms with Crippen LogP contribution >= 0.6 is 11.8 Å². The molecule has 1 aromatic heterocycles. The summed E-state index contributed by atoms with van der Waals surface area (Å²) >= 11 is 1.93. The molecule has 0 aromatic carbocycles. The first-order valence-electron chi connectivity index (χ1n) is 6.19. The predicted molar refractivity (Wildman–Crippen MR) is 71.2 cm³/mol. The number of imidazole rings is 1. The van der Waals surface area contributed by atoms with E-state index in [0.29, 0.717) is 5.92 Å². The summed E-state index contributed by atoms with van der Waals surface area (Å²) in [5.74, 6) is 3.75. The van der Waals surface area contributed by atoms with Gasteiger partial charge in [0.25, 0.3) is 0 Å². The molecule has 1 aliphatic heterocycles. The Morgan fingerprint density at radius 1 is 1.65 bits per heavy atom. The minimum Gasteiger partial charge on any atom is -0.369 e. The zero-order valence-corrected chi connectivity index (χ0v) is 11.3. The zero-order chi connectivity index (χ0) is 12.1. The van der Waals surface area contributed by atoms with Crippen LogP contribution < -0.4 is 5.32 Å². The van der Waals surface area contributed by atoms with Gasteiger partial charge in [-0.1, -0.05) is 13.8 Å². The van der Waals surface area contributed by atoms with Gasteiger partial charge in [0.15, 0.2) is 0 Å². The van der Waals surface area contributed by atoms with Gasteiger partial charge in [0.2, 0.25) is 0 Å². The first-order chi connectivity index (χ1) is 8.25. The number of hydrogen-bond acceptors (Lipinski definition) is 4. The van der Waals surface area contributed by atoms with Crippen LogP contribution in [0.2, 0.25) is 0 Å². The van der Waals surface area contributed by atoms with Crippen molar-refractivity contribution in [1.82, 2.24) is 15.3 Å². The maximum atomic E-state index is 5.69. The minimum absolute atomic E-state index is 0.146. The van der Waals surface area contributed by atoms with E-state index in [4.69, 9.17) is 4.74 Å². The fourth-order valence-corrected chi connectivity index (χ4v) is 2.62. The second-order valence-electron chi connectivity index (χ2n) is 4.75. The van der Waals surface area contributed by atoms with E-state index >= 15 is 0 Å². The molecule has 1 saturated heterocycles. The minimum atomic E-state index is 0.146. The largest absolute Gasteiger partial charge is 0.369 e. The van der Waals surface area contributed by atoms with E-state index in [1.54, 1.807) is 0 Å². The van der Waals surface area contributed by atoms with Crippen LogP contribution in [-0.4, -0.2) is 34.6 Å². The van der Waals surface area contributed by atoms with Gasteiger partial charge in [0.05, 0.1) is 6.61 Å². The number of rotatable bonds is 5. The second-order valence-corrected chi connectivity index (χ2v) is 5.90. The number of aromatic nitrogens is 2. The molecule has 96 valence electrons. The molecule has 0 spiro atoms. The van der Waals surface area contributed by atoms with E-state index < -0.39 is 0 Å². The summed E-state index contributed by atoms with van der Waals surface area (Å²) in [6.07, 6.45) is 2.05. The lowest BCUT2D eigenvalue weighted by Gasteiger charge is -2.20. The molecule has 1 unspecified atom stereocenters. The lowest BCUT2D eigenvalue weighted by Crippen LogP contribution is -2.19. The number of nitrogens with zero attached hydrogens (tertiary/aromatic N) is 1. The van der Waals surface area contributed by atoms with Gasteiger partial charge < -0.3 is 15.0 Å². The van der Waals surface area contributed by atoms with Gasteiger partial charge in [-0.25, -0.2) is 4.98 Å². The van der Waals surface area contributed by atoms with Crippen molar-refractivity contribution in [2.75, 3.05) is 24.7 Å². The van der Waals surface area contributed by atoms with Crippen molar-refractivity contribution in [2.24, 2.45) is 5.92 Å². The number of H-pyrrole nitrogens is 1. The highest BCUT2D eigenvalue weighted by Gasteiger charge is 2.19. The van der Waals surface area contributed by atoms with Crippen LogP contribution in [0.15, 0.2) is 6.20 Å². The van der Waals surface area contributed by atoms with Gasteiger partial charge in [0.1, 0.15) is 11.9 Å². The van der Waals surface area contributed by atoms with Crippen molar-refractivity contribution in [3.63, 3.8) is 0 Å². The number of ether oxygens (including phenoxy) is 1. The molecule has 0 amide bonds. The van der Waals surface area contributed by atoms with Crippen LogP contribution in [0.4, 0.5) is 0 Å². The van der Waals surface area contributed by atoms with Gasteiger partial charge in [-0.3, -0.25) is 0 Å². The Labute approximate surface area is 107 Å². The highest BCUT2D eigenvalue weighted by atomic mass is 32.2. The Morgan fingerprint density at radius 3 is 3.24 bits per heavy atom. The highest BCUT2D eigenvalue weighted by molar-refractivity contribution is 7.99. The summed E-state index contributed by atoms with van der Waals surface area (Å²) < 4.78 is 5.69. The predicted octanol–water partition coefficient (Wildman–Crippen LogP) is 1.96. The molecule has 0 saturated carbocycles. The van der Waals surface area contributed by atoms with Crippen LogP contribution in [0.1, 0.15) is 31.5 Å². The first kappa shape index (κ1) is 12.9. The van der Waals surface area contributed by atoms with Crippen molar-refractivity contribution in [1.29, 1.82) is 0 Å². The summed E-state index contributed by atoms with van der Waals surface area (Å²) in [7, 11) is 0. The normalized spacial score (nSPS) is 21.0. The summed E-state index contributed by atoms with van der Waals surface area (Å²) in [6.45, 7) is 7.13. The molecule has 17 heavy (non-hydrogen) atoms. The molecule has 1 atom stereocenters. The van der Waals surface area contributed by atoms with Gasteiger partial charge in [-0.2, -0.15) is 11.8 Å². The molecular weight excluding hydrogens is 234 g/mol. The van der Waals surface area contributed by atoms with Gasteiger partial charge in [-0.05, 0) is 12.5 Å². The molecule has 0 radical (unpaired) electrons. The molecule has 2 heterocycles. The third kappa shape index (κ3) is 4.01. The standard InChI is InChI=1S/C12H21N3OS/c1-9(2)5-13-6-10-7-14-12(15-10)11-8-17-4-3-16-11/h7,9,11,13H,3-6,8H2,1-2H3,(H,14,15). The molecule has 2 N–H and O–H groups in total. The first-order valence-corrected chi connectivity index (χ1v) is 7.35. The van der Waals surface area contributed by atoms with Crippen molar-refractivity contribution in [3.05, 3.63) is 17.7 Å². The Morgan fingerprint density at radius 2 is 2.53 bits per heavy atom.